The summed E-state index contributed by atoms with van der Waals surface area (Å²) in [6, 6.07) is 22.1. The Morgan fingerprint density at radius 2 is 1.65 bits per heavy atom. The second-order valence-electron chi connectivity index (χ2n) is 6.78. The minimum Gasteiger partial charge on any atom is -0.383 e. The molecule has 0 aliphatic rings. The Balaban J connectivity index is 1.68. The maximum Gasteiger partial charge on any atom is 0.261 e. The number of anilines is 2. The zero-order valence-electron chi connectivity index (χ0n) is 16.3. The van der Waals surface area contributed by atoms with Crippen LogP contribution in [0.2, 0.25) is 0 Å². The molecule has 8 heteroatoms. The Labute approximate surface area is 177 Å². The topological polar surface area (TPSA) is 111 Å². The predicted molar refractivity (Wildman–Crippen MR) is 121 cm³/mol. The molecule has 5 rings (SSSR count). The molecule has 0 spiro atoms. The standard InChI is InChI=1S/C23H17N7O/c24-21-19(23(31)27-15-8-2-1-3-9-15)20-22(29-18-12-5-4-11-17(18)28-20)30(21)26-14-16-10-6-7-13-25-16/h1-14H,24H2,(H,27,31). The zero-order valence-corrected chi connectivity index (χ0v) is 16.3. The van der Waals surface area contributed by atoms with E-state index in [0.717, 1.165) is 0 Å². The molecule has 0 saturated heterocycles. The van der Waals surface area contributed by atoms with Gasteiger partial charge < -0.3 is 11.1 Å². The fourth-order valence-electron chi connectivity index (χ4n) is 3.27. The van der Waals surface area contributed by atoms with Gasteiger partial charge in [-0.25, -0.2) is 9.97 Å². The molecule has 0 aliphatic heterocycles. The third kappa shape index (κ3) is 3.46. The van der Waals surface area contributed by atoms with E-state index in [1.807, 2.05) is 60.7 Å². The highest BCUT2D eigenvalue weighted by atomic mass is 16.1. The van der Waals surface area contributed by atoms with Crippen molar-refractivity contribution < 1.29 is 4.79 Å². The number of nitrogens with one attached hydrogen (secondary N) is 1. The van der Waals surface area contributed by atoms with E-state index in [9.17, 15) is 4.79 Å². The number of nitrogens with two attached hydrogens (primary N) is 1. The van der Waals surface area contributed by atoms with E-state index in [1.165, 1.54) is 4.68 Å². The maximum absolute atomic E-state index is 13.1. The third-order valence-electron chi connectivity index (χ3n) is 4.73. The molecule has 0 atom stereocenters. The number of nitrogens with zero attached hydrogens (tertiary/aromatic N) is 5. The van der Waals surface area contributed by atoms with Crippen molar-refractivity contribution in [2.75, 3.05) is 11.1 Å². The normalized spacial score (nSPS) is 11.4. The molecule has 0 unspecified atom stereocenters. The third-order valence-corrected chi connectivity index (χ3v) is 4.73. The highest BCUT2D eigenvalue weighted by Gasteiger charge is 2.24. The first kappa shape index (κ1) is 18.4. The van der Waals surface area contributed by atoms with E-state index in [4.69, 9.17) is 5.73 Å². The number of fused-ring (bicyclic) bond motifs is 2. The average molecular weight is 407 g/mol. The average Bonchev–Trinajstić information content (AvgIpc) is 3.07. The van der Waals surface area contributed by atoms with E-state index >= 15 is 0 Å². The fraction of sp³-hybridized carbons (Fsp3) is 0. The molecule has 3 N–H and O–H groups in total. The molecule has 2 aromatic carbocycles. The predicted octanol–water partition coefficient (Wildman–Crippen LogP) is 3.70. The van der Waals surface area contributed by atoms with Crippen LogP contribution in [-0.2, 0) is 0 Å². The first-order chi connectivity index (χ1) is 15.2. The number of aromatic nitrogens is 4. The molecule has 0 radical (unpaired) electrons. The summed E-state index contributed by atoms with van der Waals surface area (Å²) in [7, 11) is 0. The van der Waals surface area contributed by atoms with Crippen molar-refractivity contribution in [3.63, 3.8) is 0 Å². The van der Waals surface area contributed by atoms with Gasteiger partial charge in [0.1, 0.15) is 16.9 Å². The molecule has 150 valence electrons. The van der Waals surface area contributed by atoms with Gasteiger partial charge in [-0.05, 0) is 36.4 Å². The molecular weight excluding hydrogens is 390 g/mol. The van der Waals surface area contributed by atoms with Gasteiger partial charge in [0.25, 0.3) is 5.91 Å². The number of benzene rings is 2. The molecule has 8 nitrogen and oxygen atoms in total. The minimum atomic E-state index is -0.384. The Morgan fingerprint density at radius 1 is 0.935 bits per heavy atom. The van der Waals surface area contributed by atoms with Crippen LogP contribution in [0.15, 0.2) is 84.1 Å². The number of pyridine rings is 1. The lowest BCUT2D eigenvalue weighted by Gasteiger charge is -2.05. The summed E-state index contributed by atoms with van der Waals surface area (Å²) in [5.41, 5.74) is 10.0. The van der Waals surface area contributed by atoms with Crippen molar-refractivity contribution in [1.29, 1.82) is 0 Å². The number of nitrogen functional groups attached to an aromatic ring is 1. The van der Waals surface area contributed by atoms with Crippen LogP contribution in [0.4, 0.5) is 11.5 Å². The van der Waals surface area contributed by atoms with Crippen molar-refractivity contribution in [3.8, 4) is 0 Å². The van der Waals surface area contributed by atoms with Crippen LogP contribution in [0.5, 0.6) is 0 Å². The molecule has 0 fully saturated rings. The van der Waals surface area contributed by atoms with E-state index in [2.05, 4.69) is 25.4 Å². The Kier molecular flexibility index (Phi) is 4.57. The Morgan fingerprint density at radius 3 is 2.39 bits per heavy atom. The first-order valence-corrected chi connectivity index (χ1v) is 9.59. The van der Waals surface area contributed by atoms with Gasteiger partial charge in [-0.2, -0.15) is 9.78 Å². The van der Waals surface area contributed by atoms with Crippen LogP contribution >= 0.6 is 0 Å². The summed E-state index contributed by atoms with van der Waals surface area (Å²) >= 11 is 0. The van der Waals surface area contributed by atoms with Gasteiger partial charge in [0.15, 0.2) is 5.65 Å². The number of carbonyl (C=O) groups is 1. The molecule has 5 aromatic rings. The highest BCUT2D eigenvalue weighted by Crippen LogP contribution is 2.28. The summed E-state index contributed by atoms with van der Waals surface area (Å²) in [6.07, 6.45) is 3.23. The number of amides is 1. The quantitative estimate of drug-likeness (QED) is 0.441. The van der Waals surface area contributed by atoms with Crippen molar-refractivity contribution >= 4 is 45.8 Å². The van der Waals surface area contributed by atoms with E-state index in [1.54, 1.807) is 24.5 Å². The van der Waals surface area contributed by atoms with Gasteiger partial charge in [-0.3, -0.25) is 9.78 Å². The van der Waals surface area contributed by atoms with Crippen LogP contribution in [0.1, 0.15) is 16.1 Å². The number of hydrogen-bond acceptors (Lipinski definition) is 6. The van der Waals surface area contributed by atoms with E-state index in [0.29, 0.717) is 33.6 Å². The summed E-state index contributed by atoms with van der Waals surface area (Å²) in [5, 5.41) is 7.30. The SMILES string of the molecule is Nc1c(C(=O)Nc2ccccc2)c2nc3ccccc3nc2n1N=Cc1ccccn1. The van der Waals surface area contributed by atoms with Crippen molar-refractivity contribution in [1.82, 2.24) is 19.6 Å². The summed E-state index contributed by atoms with van der Waals surface area (Å²) < 4.78 is 1.42. The zero-order chi connectivity index (χ0) is 21.2. The molecule has 3 heterocycles. The van der Waals surface area contributed by atoms with E-state index < -0.39 is 0 Å². The lowest BCUT2D eigenvalue weighted by atomic mass is 10.2. The Bertz CT molecular complexity index is 1430. The molecule has 0 saturated carbocycles. The van der Waals surface area contributed by atoms with Crippen LogP contribution in [0.25, 0.3) is 22.2 Å². The number of hydrogen-bond donors (Lipinski definition) is 2. The van der Waals surface area contributed by atoms with Crippen LogP contribution in [0.3, 0.4) is 0 Å². The van der Waals surface area contributed by atoms with E-state index in [-0.39, 0.29) is 17.3 Å². The minimum absolute atomic E-state index is 0.144. The summed E-state index contributed by atoms with van der Waals surface area (Å²) in [5.74, 6) is -0.240. The fourth-order valence-corrected chi connectivity index (χ4v) is 3.27. The highest BCUT2D eigenvalue weighted by molar-refractivity contribution is 6.16. The Hall–Kier alpha value is -4.59. The van der Waals surface area contributed by atoms with Gasteiger partial charge in [0, 0.05) is 11.9 Å². The number of para-hydroxylation sites is 3. The van der Waals surface area contributed by atoms with Gasteiger partial charge in [0.05, 0.1) is 22.9 Å². The molecule has 0 aliphatic carbocycles. The van der Waals surface area contributed by atoms with Crippen molar-refractivity contribution in [3.05, 3.63) is 90.3 Å². The van der Waals surface area contributed by atoms with Gasteiger partial charge in [-0.15, -0.1) is 0 Å². The number of carbonyl (C=O) groups excluding carboxylic acids is 1. The lowest BCUT2D eigenvalue weighted by Crippen LogP contribution is -2.14. The molecule has 3 aromatic heterocycles. The van der Waals surface area contributed by atoms with Gasteiger partial charge in [-0.1, -0.05) is 36.4 Å². The number of rotatable bonds is 4. The molecule has 1 amide bonds. The summed E-state index contributed by atoms with van der Waals surface area (Å²) in [4.78, 5) is 26.7. The lowest BCUT2D eigenvalue weighted by molar-refractivity contribution is 0.102. The smallest absolute Gasteiger partial charge is 0.261 e. The van der Waals surface area contributed by atoms with Crippen LogP contribution in [0, 0.1) is 0 Å². The molecule has 0 bridgehead atoms. The largest absolute Gasteiger partial charge is 0.383 e. The van der Waals surface area contributed by atoms with Crippen LogP contribution < -0.4 is 11.1 Å². The maximum atomic E-state index is 13.1. The van der Waals surface area contributed by atoms with Crippen molar-refractivity contribution in [2.24, 2.45) is 5.10 Å². The molecular formula is C23H17N7O. The second kappa shape index (κ2) is 7.68. The molecule has 31 heavy (non-hydrogen) atoms. The monoisotopic (exact) mass is 407 g/mol. The van der Waals surface area contributed by atoms with Gasteiger partial charge in [0.2, 0.25) is 0 Å². The van der Waals surface area contributed by atoms with Crippen molar-refractivity contribution in [2.45, 2.75) is 0 Å². The second-order valence-corrected chi connectivity index (χ2v) is 6.78. The summed E-state index contributed by atoms with van der Waals surface area (Å²) in [6.45, 7) is 0. The van der Waals surface area contributed by atoms with Gasteiger partial charge >= 0.3 is 0 Å². The first-order valence-electron chi connectivity index (χ1n) is 9.59. The van der Waals surface area contributed by atoms with Crippen LogP contribution in [-0.4, -0.2) is 31.7 Å².